The molecule has 5 rings (SSSR count). The molecule has 1 aliphatic rings. The second kappa shape index (κ2) is 11.0. The van der Waals surface area contributed by atoms with Crippen LogP contribution in [0.15, 0.2) is 65.7 Å². The van der Waals surface area contributed by atoms with E-state index in [1.54, 1.807) is 42.1 Å². The summed E-state index contributed by atoms with van der Waals surface area (Å²) in [6, 6.07) is 14.1. The van der Waals surface area contributed by atoms with Gasteiger partial charge >= 0.3 is 5.97 Å². The Morgan fingerprint density at radius 3 is 2.44 bits per heavy atom. The smallest absolute Gasteiger partial charge is 0.341 e. The Bertz CT molecular complexity index is 1570. The molecule has 1 aliphatic heterocycles. The van der Waals surface area contributed by atoms with Crippen LogP contribution in [-0.4, -0.2) is 66.0 Å². The van der Waals surface area contributed by atoms with Crippen LogP contribution in [0.1, 0.15) is 15.9 Å². The number of aromatic carboxylic acids is 1. The van der Waals surface area contributed by atoms with Crippen LogP contribution >= 0.6 is 11.6 Å². The molecule has 2 aromatic heterocycles. The van der Waals surface area contributed by atoms with Gasteiger partial charge in [0.15, 0.2) is 0 Å². The maximum Gasteiger partial charge on any atom is 0.341 e. The molecule has 11 heteroatoms. The van der Waals surface area contributed by atoms with Gasteiger partial charge in [-0.2, -0.15) is 5.06 Å². The summed E-state index contributed by atoms with van der Waals surface area (Å²) in [4.78, 5) is 38.5. The molecule has 0 spiro atoms. The molecule has 202 valence electrons. The minimum absolute atomic E-state index is 0.0496. The van der Waals surface area contributed by atoms with E-state index in [2.05, 4.69) is 9.88 Å². The van der Waals surface area contributed by atoms with Crippen molar-refractivity contribution >= 4 is 40.0 Å². The van der Waals surface area contributed by atoms with Crippen LogP contribution < -0.4 is 15.2 Å². The zero-order valence-electron chi connectivity index (χ0n) is 21.5. The van der Waals surface area contributed by atoms with Gasteiger partial charge in [-0.1, -0.05) is 29.8 Å². The third kappa shape index (κ3) is 5.18. The van der Waals surface area contributed by atoms with Crippen molar-refractivity contribution in [2.45, 2.75) is 6.54 Å². The highest BCUT2D eigenvalue weighted by molar-refractivity contribution is 6.38. The number of nitrogens with zero attached hydrogens (tertiary/aromatic N) is 5. The lowest BCUT2D eigenvalue weighted by Gasteiger charge is -2.37. The Kier molecular flexibility index (Phi) is 7.51. The molecule has 0 amide bonds. The van der Waals surface area contributed by atoms with Crippen LogP contribution in [0.3, 0.4) is 0 Å². The summed E-state index contributed by atoms with van der Waals surface area (Å²) in [5.74, 6) is -1.24. The fourth-order valence-corrected chi connectivity index (χ4v) is 5.24. The lowest BCUT2D eigenvalue weighted by Crippen LogP contribution is -2.47. The van der Waals surface area contributed by atoms with Crippen molar-refractivity contribution in [2.24, 2.45) is 0 Å². The first-order valence-electron chi connectivity index (χ1n) is 12.3. The van der Waals surface area contributed by atoms with Gasteiger partial charge in [0, 0.05) is 57.9 Å². The lowest BCUT2D eigenvalue weighted by atomic mass is 10.1. The first-order chi connectivity index (χ1) is 18.8. The van der Waals surface area contributed by atoms with Crippen molar-refractivity contribution in [1.82, 2.24) is 14.6 Å². The van der Waals surface area contributed by atoms with E-state index in [0.717, 1.165) is 17.4 Å². The molecule has 0 radical (unpaired) electrons. The molecular formula is C28H27ClFN5O4. The number of aromatic nitrogens is 2. The van der Waals surface area contributed by atoms with E-state index in [-0.39, 0.29) is 21.6 Å². The Balaban J connectivity index is 1.59. The molecule has 39 heavy (non-hydrogen) atoms. The van der Waals surface area contributed by atoms with Gasteiger partial charge in [-0.15, -0.1) is 0 Å². The summed E-state index contributed by atoms with van der Waals surface area (Å²) < 4.78 is 17.1. The Hall–Kier alpha value is -3.99. The standard InChI is InChI=1S/C28H27ClFN5O4/c1-32(39-2)16-18-6-8-19(9-7-18)35-17-21(28(37)38)27(36)20-15-22(30)26(24(29)25(20)35)34-13-11-33(12-14-34)23-5-3-4-10-31-23/h3-10,15,17H,11-14,16H2,1-2H3,(H,37,38). The summed E-state index contributed by atoms with van der Waals surface area (Å²) in [7, 11) is 3.37. The van der Waals surface area contributed by atoms with Gasteiger partial charge in [-0.05, 0) is 35.9 Å². The molecule has 0 atom stereocenters. The SMILES string of the molecule is CON(C)Cc1ccc(-n2cc(C(=O)O)c(=O)c3cc(F)c(N4CCN(c5ccccn5)CC4)c(Cl)c32)cc1. The Morgan fingerprint density at radius 1 is 1.13 bits per heavy atom. The first-order valence-corrected chi connectivity index (χ1v) is 12.7. The molecule has 0 bridgehead atoms. The summed E-state index contributed by atoms with van der Waals surface area (Å²) >= 11 is 6.87. The molecular weight excluding hydrogens is 525 g/mol. The largest absolute Gasteiger partial charge is 0.477 e. The molecule has 9 nitrogen and oxygen atoms in total. The fourth-order valence-electron chi connectivity index (χ4n) is 4.83. The second-order valence-corrected chi connectivity index (χ2v) is 9.64. The number of fused-ring (bicyclic) bond motifs is 1. The maximum absolute atomic E-state index is 15.6. The fraction of sp³-hybridized carbons (Fsp3) is 0.250. The van der Waals surface area contributed by atoms with Crippen LogP contribution in [0.4, 0.5) is 15.9 Å². The number of hydrogen-bond acceptors (Lipinski definition) is 7. The lowest BCUT2D eigenvalue weighted by molar-refractivity contribution is -0.116. The quantitative estimate of drug-likeness (QED) is 0.342. The van der Waals surface area contributed by atoms with E-state index in [1.807, 2.05) is 35.2 Å². The summed E-state index contributed by atoms with van der Waals surface area (Å²) in [5.41, 5.74) is 0.690. The predicted octanol–water partition coefficient (Wildman–Crippen LogP) is 4.20. The maximum atomic E-state index is 15.6. The van der Waals surface area contributed by atoms with Crippen molar-refractivity contribution < 1.29 is 19.1 Å². The zero-order valence-corrected chi connectivity index (χ0v) is 22.2. The second-order valence-electron chi connectivity index (χ2n) is 9.26. The predicted molar refractivity (Wildman–Crippen MR) is 149 cm³/mol. The van der Waals surface area contributed by atoms with Gasteiger partial charge in [-0.3, -0.25) is 4.79 Å². The minimum atomic E-state index is -1.40. The third-order valence-electron chi connectivity index (χ3n) is 6.89. The van der Waals surface area contributed by atoms with Crippen molar-refractivity contribution in [3.63, 3.8) is 0 Å². The number of hydrogen-bond donors (Lipinski definition) is 1. The Morgan fingerprint density at radius 2 is 1.82 bits per heavy atom. The highest BCUT2D eigenvalue weighted by Crippen LogP contribution is 2.37. The summed E-state index contributed by atoms with van der Waals surface area (Å²) in [5, 5.41) is 11.3. The molecule has 1 fully saturated rings. The number of anilines is 2. The minimum Gasteiger partial charge on any atom is -0.477 e. The number of carboxylic acid groups (broad SMARTS) is 1. The van der Waals surface area contributed by atoms with E-state index < -0.39 is 22.8 Å². The van der Waals surface area contributed by atoms with Crippen LogP contribution in [0.5, 0.6) is 0 Å². The normalized spacial score (nSPS) is 13.9. The molecule has 1 N–H and O–H groups in total. The van der Waals surface area contributed by atoms with Crippen molar-refractivity contribution in [2.75, 3.05) is 50.1 Å². The van der Waals surface area contributed by atoms with Crippen LogP contribution in [-0.2, 0) is 11.4 Å². The van der Waals surface area contributed by atoms with Gasteiger partial charge in [0.1, 0.15) is 17.2 Å². The van der Waals surface area contributed by atoms with Gasteiger partial charge < -0.3 is 24.3 Å². The van der Waals surface area contributed by atoms with Gasteiger partial charge in [0.25, 0.3) is 0 Å². The Labute approximate surface area is 229 Å². The van der Waals surface area contributed by atoms with Crippen molar-refractivity contribution in [1.29, 1.82) is 0 Å². The van der Waals surface area contributed by atoms with E-state index in [1.165, 1.54) is 6.20 Å². The van der Waals surface area contributed by atoms with Crippen LogP contribution in [0, 0.1) is 5.82 Å². The summed E-state index contributed by atoms with van der Waals surface area (Å²) in [6.07, 6.45) is 2.98. The van der Waals surface area contributed by atoms with E-state index in [4.69, 9.17) is 16.4 Å². The average Bonchev–Trinajstić information content (AvgIpc) is 2.94. The molecule has 1 saturated heterocycles. The third-order valence-corrected chi connectivity index (χ3v) is 7.25. The number of pyridine rings is 2. The van der Waals surface area contributed by atoms with Crippen molar-refractivity contribution in [3.05, 3.63) is 93.1 Å². The molecule has 2 aromatic carbocycles. The number of carbonyl (C=O) groups is 1. The number of carboxylic acids is 1. The van der Waals surface area contributed by atoms with Crippen molar-refractivity contribution in [3.8, 4) is 5.69 Å². The van der Waals surface area contributed by atoms with Gasteiger partial charge in [-0.25, -0.2) is 14.2 Å². The first kappa shape index (κ1) is 26.6. The number of benzene rings is 2. The zero-order chi connectivity index (χ0) is 27.7. The van der Waals surface area contributed by atoms with Crippen LogP contribution in [0.25, 0.3) is 16.6 Å². The topological polar surface area (TPSA) is 91.1 Å². The molecule has 0 aliphatic carbocycles. The number of hydroxylamine groups is 2. The van der Waals surface area contributed by atoms with Gasteiger partial charge in [0.2, 0.25) is 5.43 Å². The van der Waals surface area contributed by atoms with Gasteiger partial charge in [0.05, 0.1) is 28.7 Å². The van der Waals surface area contributed by atoms with Crippen LogP contribution in [0.2, 0.25) is 5.02 Å². The number of rotatable bonds is 7. The molecule has 4 aromatic rings. The summed E-state index contributed by atoms with van der Waals surface area (Å²) in [6.45, 7) is 2.71. The number of piperazine rings is 1. The van der Waals surface area contributed by atoms with E-state index in [9.17, 15) is 14.7 Å². The van der Waals surface area contributed by atoms with E-state index in [0.29, 0.717) is 38.4 Å². The van der Waals surface area contributed by atoms with E-state index >= 15 is 4.39 Å². The monoisotopic (exact) mass is 551 g/mol. The highest BCUT2D eigenvalue weighted by Gasteiger charge is 2.27. The molecule has 0 unspecified atom stereocenters. The molecule has 0 saturated carbocycles. The average molecular weight is 552 g/mol. The highest BCUT2D eigenvalue weighted by atomic mass is 35.5. The number of halogens is 2. The molecule has 3 heterocycles.